The average molecular weight is 539 g/mol. The van der Waals surface area contributed by atoms with Gasteiger partial charge in [0, 0.05) is 52.2 Å². The first kappa shape index (κ1) is 29.9. The number of nitrogens with one attached hydrogen (secondary N) is 1. The number of amidine groups is 1. The molecule has 216 valence electrons. The highest BCUT2D eigenvalue weighted by molar-refractivity contribution is 5.86. The van der Waals surface area contributed by atoms with E-state index in [1.54, 1.807) is 9.80 Å². The molecule has 3 unspecified atom stereocenters. The molecule has 0 spiro atoms. The van der Waals surface area contributed by atoms with E-state index < -0.39 is 23.7 Å². The lowest BCUT2D eigenvalue weighted by Crippen LogP contribution is -2.53. The summed E-state index contributed by atoms with van der Waals surface area (Å²) in [5.41, 5.74) is 5.23. The van der Waals surface area contributed by atoms with E-state index in [1.807, 2.05) is 20.8 Å². The van der Waals surface area contributed by atoms with Gasteiger partial charge in [0.15, 0.2) is 0 Å². The maximum Gasteiger partial charge on any atom is 0.410 e. The van der Waals surface area contributed by atoms with Crippen LogP contribution >= 0.6 is 0 Å². The van der Waals surface area contributed by atoms with Gasteiger partial charge in [-0.1, -0.05) is 0 Å². The van der Waals surface area contributed by atoms with Gasteiger partial charge in [-0.3, -0.25) is 20.0 Å². The molecule has 0 aromatic heterocycles. The summed E-state index contributed by atoms with van der Waals surface area (Å²) in [5, 5.41) is 16.8. The van der Waals surface area contributed by atoms with Gasteiger partial charge in [-0.05, 0) is 65.3 Å². The second kappa shape index (κ2) is 13.5. The first-order chi connectivity index (χ1) is 17.9. The van der Waals surface area contributed by atoms with Crippen LogP contribution < -0.4 is 5.73 Å². The fraction of sp³-hybridized carbons (Fsp3) is 0.846. The topological polar surface area (TPSA) is 153 Å². The molecule has 0 aromatic rings. The molecule has 0 bridgehead atoms. The molecule has 3 aliphatic rings. The fourth-order valence-electron chi connectivity index (χ4n) is 5.49. The number of nitrogens with two attached hydrogens (primary N) is 1. The minimum Gasteiger partial charge on any atom is -0.481 e. The van der Waals surface area contributed by atoms with Crippen LogP contribution in [0.4, 0.5) is 9.59 Å². The summed E-state index contributed by atoms with van der Waals surface area (Å²) in [6.07, 6.45) is 3.22. The van der Waals surface area contributed by atoms with Crippen LogP contribution in [-0.4, -0.2) is 125 Å². The quantitative estimate of drug-likeness (QED) is 0.265. The maximum absolute atomic E-state index is 12.6. The number of aliphatic carboxylic acids is 1. The zero-order valence-corrected chi connectivity index (χ0v) is 23.2. The van der Waals surface area contributed by atoms with Gasteiger partial charge in [-0.25, -0.2) is 9.59 Å². The zero-order valence-electron chi connectivity index (χ0n) is 23.2. The monoisotopic (exact) mass is 538 g/mol. The number of nitrogens with zero attached hydrogens (tertiary/aromatic N) is 4. The molecule has 12 heteroatoms. The second-order valence-corrected chi connectivity index (χ2v) is 11.8. The number of hydrogen-bond acceptors (Lipinski definition) is 8. The minimum atomic E-state index is -0.750. The molecule has 3 rings (SSSR count). The molecule has 3 atom stereocenters. The summed E-state index contributed by atoms with van der Waals surface area (Å²) in [5.74, 6) is -0.448. The van der Waals surface area contributed by atoms with Crippen LogP contribution in [0.25, 0.3) is 0 Å². The fourth-order valence-corrected chi connectivity index (χ4v) is 5.49. The van der Waals surface area contributed by atoms with Crippen LogP contribution in [0.15, 0.2) is 0 Å². The Kier molecular flexibility index (Phi) is 10.6. The summed E-state index contributed by atoms with van der Waals surface area (Å²) in [4.78, 5) is 43.7. The van der Waals surface area contributed by atoms with Gasteiger partial charge in [0.1, 0.15) is 17.5 Å². The Morgan fingerprint density at radius 1 is 1.11 bits per heavy atom. The third kappa shape index (κ3) is 9.30. The second-order valence-electron chi connectivity index (χ2n) is 11.8. The summed E-state index contributed by atoms with van der Waals surface area (Å²) < 4.78 is 11.1. The number of amides is 2. The van der Waals surface area contributed by atoms with Crippen molar-refractivity contribution in [1.29, 1.82) is 5.41 Å². The normalized spacial score (nSPS) is 25.3. The van der Waals surface area contributed by atoms with E-state index in [-0.39, 0.29) is 24.5 Å². The van der Waals surface area contributed by atoms with Crippen LogP contribution in [-0.2, 0) is 14.3 Å². The summed E-state index contributed by atoms with van der Waals surface area (Å²) in [6, 6.07) is -0.456. The van der Waals surface area contributed by atoms with Crippen molar-refractivity contribution in [3.8, 4) is 0 Å². The predicted molar refractivity (Wildman–Crippen MR) is 142 cm³/mol. The van der Waals surface area contributed by atoms with Crippen molar-refractivity contribution in [3.05, 3.63) is 0 Å². The van der Waals surface area contributed by atoms with Gasteiger partial charge in [-0.2, -0.15) is 0 Å². The van der Waals surface area contributed by atoms with Crippen molar-refractivity contribution in [2.24, 2.45) is 11.7 Å². The number of carboxylic acids is 1. The standard InChI is InChI=1S/C26H46N6O6/c1-26(2,3)38-25(36)32-11-8-19(16-21(32)23(27)28)6-4-10-31-18-20(37-24(31)35)17-30-14-12-29(13-15-30)9-5-7-22(33)34/h19-21H,4-18H2,1-3H3,(H3,27,28)(H,33,34). The molecule has 0 aliphatic carbocycles. The Morgan fingerprint density at radius 2 is 1.79 bits per heavy atom. The lowest BCUT2D eigenvalue weighted by Gasteiger charge is -2.39. The number of piperidine rings is 1. The number of rotatable bonds is 11. The minimum absolute atomic E-state index is 0.0207. The van der Waals surface area contributed by atoms with Crippen molar-refractivity contribution in [2.75, 3.05) is 58.9 Å². The molecule has 38 heavy (non-hydrogen) atoms. The van der Waals surface area contributed by atoms with Gasteiger partial charge in [0.05, 0.1) is 12.6 Å². The largest absolute Gasteiger partial charge is 0.481 e. The molecule has 3 saturated heterocycles. The van der Waals surface area contributed by atoms with Crippen LogP contribution in [0.3, 0.4) is 0 Å². The molecule has 4 N–H and O–H groups in total. The highest BCUT2D eigenvalue weighted by Gasteiger charge is 2.37. The van der Waals surface area contributed by atoms with E-state index in [2.05, 4.69) is 9.80 Å². The number of piperazine rings is 1. The molecule has 0 radical (unpaired) electrons. The number of carbonyl (C=O) groups is 3. The number of likely N-dealkylation sites (tertiary alicyclic amines) is 1. The van der Waals surface area contributed by atoms with Crippen LogP contribution in [0, 0.1) is 11.3 Å². The summed E-state index contributed by atoms with van der Waals surface area (Å²) in [6.45, 7) is 12.3. The van der Waals surface area contributed by atoms with Crippen molar-refractivity contribution in [1.82, 2.24) is 19.6 Å². The number of hydrogen-bond donors (Lipinski definition) is 3. The van der Waals surface area contributed by atoms with Gasteiger partial charge in [0.25, 0.3) is 0 Å². The number of carboxylic acid groups (broad SMARTS) is 1. The number of carbonyl (C=O) groups excluding carboxylic acids is 2. The molecule has 3 aliphatic heterocycles. The Balaban J connectivity index is 1.35. The lowest BCUT2D eigenvalue weighted by atomic mass is 9.87. The predicted octanol–water partition coefficient (Wildman–Crippen LogP) is 2.02. The number of cyclic esters (lactones) is 1. The zero-order chi connectivity index (χ0) is 27.9. The van der Waals surface area contributed by atoms with Crippen molar-refractivity contribution in [3.63, 3.8) is 0 Å². The Bertz CT molecular complexity index is 841. The number of ether oxygens (including phenoxy) is 2. The van der Waals surface area contributed by atoms with Gasteiger partial charge < -0.3 is 30.1 Å². The van der Waals surface area contributed by atoms with Gasteiger partial charge >= 0.3 is 18.2 Å². The lowest BCUT2D eigenvalue weighted by molar-refractivity contribution is -0.137. The molecule has 0 saturated carbocycles. The van der Waals surface area contributed by atoms with Gasteiger partial charge in [-0.15, -0.1) is 0 Å². The molecule has 12 nitrogen and oxygen atoms in total. The molecule has 0 aromatic carbocycles. The Morgan fingerprint density at radius 3 is 2.42 bits per heavy atom. The van der Waals surface area contributed by atoms with Crippen LogP contribution in [0.5, 0.6) is 0 Å². The van der Waals surface area contributed by atoms with Gasteiger partial charge in [0.2, 0.25) is 0 Å². The van der Waals surface area contributed by atoms with Crippen LogP contribution in [0.1, 0.15) is 59.3 Å². The smallest absolute Gasteiger partial charge is 0.410 e. The molecule has 2 amide bonds. The van der Waals surface area contributed by atoms with E-state index in [1.165, 1.54) is 0 Å². The SMILES string of the molecule is CC(C)(C)OC(=O)N1CCC(CCCN2CC(CN3CCN(CCCC(=O)O)CC3)OC2=O)CC1C(=N)N. The summed E-state index contributed by atoms with van der Waals surface area (Å²) in [7, 11) is 0. The van der Waals surface area contributed by atoms with E-state index in [0.29, 0.717) is 44.9 Å². The first-order valence-electron chi connectivity index (χ1n) is 13.9. The Labute approximate surface area is 225 Å². The van der Waals surface area contributed by atoms with E-state index in [9.17, 15) is 14.4 Å². The van der Waals surface area contributed by atoms with Crippen molar-refractivity contribution < 1.29 is 29.0 Å². The molecular formula is C26H46N6O6. The summed E-state index contributed by atoms with van der Waals surface area (Å²) >= 11 is 0. The molecule has 3 heterocycles. The molecular weight excluding hydrogens is 492 g/mol. The Hall–Kier alpha value is -2.60. The third-order valence-corrected chi connectivity index (χ3v) is 7.48. The van der Waals surface area contributed by atoms with E-state index in [4.69, 9.17) is 25.7 Å². The van der Waals surface area contributed by atoms with Crippen molar-refractivity contribution >= 4 is 24.0 Å². The molecule has 3 fully saturated rings. The maximum atomic E-state index is 12.6. The highest BCUT2D eigenvalue weighted by atomic mass is 16.6. The highest BCUT2D eigenvalue weighted by Crippen LogP contribution is 2.28. The van der Waals surface area contributed by atoms with Crippen molar-refractivity contribution in [2.45, 2.75) is 77.0 Å². The van der Waals surface area contributed by atoms with E-state index >= 15 is 0 Å². The third-order valence-electron chi connectivity index (χ3n) is 7.48. The van der Waals surface area contributed by atoms with E-state index in [0.717, 1.165) is 52.0 Å². The van der Waals surface area contributed by atoms with Crippen LogP contribution in [0.2, 0.25) is 0 Å². The average Bonchev–Trinajstić information content (AvgIpc) is 3.17. The first-order valence-corrected chi connectivity index (χ1v) is 13.9.